The van der Waals surface area contributed by atoms with Gasteiger partial charge in [0.1, 0.15) is 10.6 Å². The Balaban J connectivity index is 2.51. The number of hydrogen-bond donors (Lipinski definition) is 1. The monoisotopic (exact) mass is 395 g/mol. The normalized spacial score (nSPS) is 12.1. The van der Waals surface area contributed by atoms with Gasteiger partial charge in [0.25, 0.3) is 5.91 Å². The zero-order valence-corrected chi connectivity index (χ0v) is 14.7. The number of aromatic nitrogens is 4. The molecule has 9 nitrogen and oxygen atoms in total. The summed E-state index contributed by atoms with van der Waals surface area (Å²) in [6.45, 7) is 0.439. The van der Waals surface area contributed by atoms with Gasteiger partial charge in [-0.15, -0.1) is 0 Å². The Morgan fingerprint density at radius 1 is 1.40 bits per heavy atom. The molecule has 0 aliphatic carbocycles. The van der Waals surface area contributed by atoms with Crippen molar-refractivity contribution >= 4 is 33.3 Å². The molecule has 2 aromatic rings. The summed E-state index contributed by atoms with van der Waals surface area (Å²) >= 11 is 5.98. The lowest BCUT2D eigenvalue weighted by molar-refractivity contribution is -0.160. The van der Waals surface area contributed by atoms with Crippen LogP contribution in [0, 0.1) is 0 Å². The average Bonchev–Trinajstić information content (AvgIpc) is 2.80. The Morgan fingerprint density at radius 3 is 2.52 bits per heavy atom. The van der Waals surface area contributed by atoms with Crippen LogP contribution in [0.5, 0.6) is 5.75 Å². The van der Waals surface area contributed by atoms with Crippen molar-refractivity contribution in [1.82, 2.24) is 20.2 Å². The summed E-state index contributed by atoms with van der Waals surface area (Å²) in [5.74, 6) is -1.53. The first-order valence-corrected chi connectivity index (χ1v) is 8.80. The molecule has 0 saturated carbocycles. The number of ether oxygens (including phenoxy) is 1. The van der Waals surface area contributed by atoms with E-state index in [-0.39, 0.29) is 11.5 Å². The minimum Gasteiger partial charge on any atom is -0.431 e. The molecule has 0 aliphatic rings. The average molecular weight is 396 g/mol. The molecule has 0 atom stereocenters. The van der Waals surface area contributed by atoms with Crippen LogP contribution in [-0.2, 0) is 16.9 Å². The molecule has 0 fully saturated rings. The van der Waals surface area contributed by atoms with E-state index in [9.17, 15) is 22.0 Å². The Bertz CT molecular complexity index is 926. The summed E-state index contributed by atoms with van der Waals surface area (Å²) in [6, 6.07) is 1.97. The number of alkyl halides is 2. The SMILES string of the molecule is Cn1nnnc1NC(=O)c1ccc(OC(C)(F)F)c(S(C)(=O)=O)c1Cl. The third-order valence-electron chi connectivity index (χ3n) is 2.81. The first-order chi connectivity index (χ1) is 11.4. The molecule has 0 bridgehead atoms. The fraction of sp³-hybridized carbons (Fsp3) is 0.333. The summed E-state index contributed by atoms with van der Waals surface area (Å²) in [7, 11) is -2.62. The van der Waals surface area contributed by atoms with E-state index in [1.807, 2.05) is 0 Å². The molecule has 1 amide bonds. The quantitative estimate of drug-likeness (QED) is 0.815. The summed E-state index contributed by atoms with van der Waals surface area (Å²) in [4.78, 5) is 11.5. The standard InChI is InChI=1S/C12H12ClF2N5O4S/c1-12(14,15)24-7-5-4-6(8(13)9(7)25(3,22)23)10(21)16-11-17-18-19-20(11)2/h4-5H,1-3H3,(H,16,17,19,21). The third kappa shape index (κ3) is 4.39. The molecule has 0 aliphatic heterocycles. The lowest BCUT2D eigenvalue weighted by Crippen LogP contribution is -2.22. The van der Waals surface area contributed by atoms with Crippen molar-refractivity contribution in [2.45, 2.75) is 17.9 Å². The van der Waals surface area contributed by atoms with E-state index < -0.39 is 37.5 Å². The smallest absolute Gasteiger partial charge is 0.394 e. The molecule has 25 heavy (non-hydrogen) atoms. The number of nitrogens with one attached hydrogen (secondary N) is 1. The van der Waals surface area contributed by atoms with Crippen LogP contribution in [0.3, 0.4) is 0 Å². The molecule has 2 rings (SSSR count). The molecular formula is C12H12ClF2N5O4S. The summed E-state index contributed by atoms with van der Waals surface area (Å²) in [5.41, 5.74) is -0.281. The van der Waals surface area contributed by atoms with Crippen molar-refractivity contribution in [3.8, 4) is 5.75 Å². The molecule has 0 radical (unpaired) electrons. The zero-order valence-electron chi connectivity index (χ0n) is 13.1. The molecule has 0 unspecified atom stereocenters. The van der Waals surface area contributed by atoms with Crippen LogP contribution >= 0.6 is 11.6 Å². The Hall–Kier alpha value is -2.34. The Labute approximate surface area is 145 Å². The first-order valence-electron chi connectivity index (χ1n) is 6.53. The van der Waals surface area contributed by atoms with Crippen LogP contribution in [0.4, 0.5) is 14.7 Å². The van der Waals surface area contributed by atoms with E-state index in [0.717, 1.165) is 23.1 Å². The number of anilines is 1. The first kappa shape index (κ1) is 19.0. The van der Waals surface area contributed by atoms with Crippen LogP contribution in [0.25, 0.3) is 0 Å². The predicted molar refractivity (Wildman–Crippen MR) is 82.6 cm³/mol. The molecule has 1 N–H and O–H groups in total. The van der Waals surface area contributed by atoms with E-state index in [1.54, 1.807) is 0 Å². The van der Waals surface area contributed by atoms with Crippen molar-refractivity contribution in [2.75, 3.05) is 11.6 Å². The molecule has 13 heteroatoms. The van der Waals surface area contributed by atoms with Crippen molar-refractivity contribution in [1.29, 1.82) is 0 Å². The van der Waals surface area contributed by atoms with Gasteiger partial charge in [0.2, 0.25) is 5.95 Å². The molecule has 136 valence electrons. The second-order valence-electron chi connectivity index (χ2n) is 5.02. The molecule has 1 heterocycles. The van der Waals surface area contributed by atoms with Gasteiger partial charge in [0, 0.05) is 20.2 Å². The zero-order chi connectivity index (χ0) is 19.0. The minimum atomic E-state index is -4.08. The largest absolute Gasteiger partial charge is 0.431 e. The maximum absolute atomic E-state index is 13.1. The van der Waals surface area contributed by atoms with Crippen molar-refractivity contribution in [3.05, 3.63) is 22.7 Å². The lowest BCUT2D eigenvalue weighted by atomic mass is 10.2. The second-order valence-corrected chi connectivity index (χ2v) is 7.35. The number of nitrogens with zero attached hydrogens (tertiary/aromatic N) is 4. The van der Waals surface area contributed by atoms with Crippen molar-refractivity contribution in [3.63, 3.8) is 0 Å². The van der Waals surface area contributed by atoms with Gasteiger partial charge in [0.15, 0.2) is 9.84 Å². The van der Waals surface area contributed by atoms with Crippen molar-refractivity contribution in [2.24, 2.45) is 7.05 Å². The molecular weight excluding hydrogens is 384 g/mol. The molecule has 0 spiro atoms. The number of sulfone groups is 1. The van der Waals surface area contributed by atoms with E-state index >= 15 is 0 Å². The van der Waals surface area contributed by atoms with E-state index in [4.69, 9.17) is 11.6 Å². The maximum Gasteiger partial charge on any atom is 0.394 e. The maximum atomic E-state index is 13.1. The van der Waals surface area contributed by atoms with Gasteiger partial charge in [-0.05, 0) is 22.6 Å². The molecule has 1 aromatic carbocycles. The summed E-state index contributed by atoms with van der Waals surface area (Å²) < 4.78 is 55.5. The topological polar surface area (TPSA) is 116 Å². The molecule has 1 aromatic heterocycles. The van der Waals surface area contributed by atoms with Gasteiger partial charge in [0.05, 0.1) is 10.6 Å². The highest BCUT2D eigenvalue weighted by Gasteiger charge is 2.30. The Kier molecular flexibility index (Phi) is 4.95. The van der Waals surface area contributed by atoms with Crippen LogP contribution < -0.4 is 10.1 Å². The van der Waals surface area contributed by atoms with Gasteiger partial charge in [-0.25, -0.2) is 13.1 Å². The number of tetrazole rings is 1. The van der Waals surface area contributed by atoms with Crippen LogP contribution in [0.2, 0.25) is 5.02 Å². The number of hydrogen-bond acceptors (Lipinski definition) is 7. The third-order valence-corrected chi connectivity index (χ3v) is 4.46. The fourth-order valence-corrected chi connectivity index (χ4v) is 3.41. The highest BCUT2D eigenvalue weighted by atomic mass is 35.5. The fourth-order valence-electron chi connectivity index (χ4n) is 1.84. The van der Waals surface area contributed by atoms with Gasteiger partial charge in [-0.2, -0.15) is 8.78 Å². The second kappa shape index (κ2) is 6.52. The van der Waals surface area contributed by atoms with Gasteiger partial charge < -0.3 is 4.74 Å². The number of benzene rings is 1. The number of rotatable bonds is 5. The van der Waals surface area contributed by atoms with E-state index in [2.05, 4.69) is 25.6 Å². The number of halogens is 3. The number of amides is 1. The van der Waals surface area contributed by atoms with Gasteiger partial charge in [-0.3, -0.25) is 10.1 Å². The highest BCUT2D eigenvalue weighted by Crippen LogP contribution is 2.36. The van der Waals surface area contributed by atoms with E-state index in [1.165, 1.54) is 7.05 Å². The Morgan fingerprint density at radius 2 is 2.04 bits per heavy atom. The predicted octanol–water partition coefficient (Wildman–Crippen LogP) is 1.51. The summed E-state index contributed by atoms with van der Waals surface area (Å²) in [6.07, 6.45) is -2.89. The van der Waals surface area contributed by atoms with Crippen LogP contribution in [0.15, 0.2) is 17.0 Å². The van der Waals surface area contributed by atoms with Gasteiger partial charge >= 0.3 is 6.11 Å². The minimum absolute atomic E-state index is 0.0256. The summed E-state index contributed by atoms with van der Waals surface area (Å²) in [5, 5.41) is 12.1. The van der Waals surface area contributed by atoms with Crippen LogP contribution in [-0.4, -0.2) is 46.9 Å². The lowest BCUT2D eigenvalue weighted by Gasteiger charge is -2.17. The van der Waals surface area contributed by atoms with Crippen LogP contribution in [0.1, 0.15) is 17.3 Å². The van der Waals surface area contributed by atoms with Gasteiger partial charge in [-0.1, -0.05) is 16.7 Å². The van der Waals surface area contributed by atoms with E-state index in [0.29, 0.717) is 6.92 Å². The molecule has 0 saturated heterocycles. The number of carbonyl (C=O) groups is 1. The van der Waals surface area contributed by atoms with Crippen molar-refractivity contribution < 1.29 is 26.7 Å². The number of carbonyl (C=O) groups excluding carboxylic acids is 1. The number of aryl methyl sites for hydroxylation is 1. The highest BCUT2D eigenvalue weighted by molar-refractivity contribution is 7.91.